The Bertz CT molecular complexity index is 4060. The Kier molecular flexibility index (Phi) is 8.04. The normalized spacial score (nSPS) is 12.5. The van der Waals surface area contributed by atoms with Crippen LogP contribution in [0.5, 0.6) is 0 Å². The predicted molar refractivity (Wildman–Crippen MR) is 274 cm³/mol. The van der Waals surface area contributed by atoms with Crippen LogP contribution in [0, 0.1) is 0 Å². The van der Waals surface area contributed by atoms with Gasteiger partial charge in [0.2, 0.25) is 0 Å². The molecule has 0 aliphatic carbocycles. The molecule has 5 heteroatoms. The van der Waals surface area contributed by atoms with Crippen LogP contribution < -0.4 is 4.90 Å². The summed E-state index contributed by atoms with van der Waals surface area (Å²) in [5.41, 5.74) is 17.8. The second kappa shape index (κ2) is 14.4. The van der Waals surface area contributed by atoms with Gasteiger partial charge in [0, 0.05) is 73.4 Å². The van der Waals surface area contributed by atoms with Crippen LogP contribution in [0.3, 0.4) is 0 Å². The monoisotopic (exact) mass is 843 g/mol. The Labute approximate surface area is 381 Å². The molecule has 1 aliphatic rings. The molecule has 0 spiro atoms. The lowest BCUT2D eigenvalue weighted by molar-refractivity contribution is 0.871. The number of benzene rings is 9. The molecule has 0 saturated carbocycles. The molecule has 5 heterocycles. The van der Waals surface area contributed by atoms with E-state index < -0.39 is 0 Å². The number of hydrogen-bond acceptors (Lipinski definition) is 2. The van der Waals surface area contributed by atoms with Gasteiger partial charge in [-0.05, 0) is 83.4 Å². The Hall–Kier alpha value is -8.67. The predicted octanol–water partition coefficient (Wildman–Crippen LogP) is 15.5. The molecule has 0 atom stereocenters. The molecule has 1 aliphatic heterocycles. The van der Waals surface area contributed by atoms with Gasteiger partial charge in [0.05, 0.1) is 39.0 Å². The number of anilines is 3. The highest BCUT2D eigenvalue weighted by atomic mass is 15.2. The van der Waals surface area contributed by atoms with E-state index in [1.54, 1.807) is 0 Å². The standard InChI is InChI=1S/C61H41N5/c1-3-18-41(19-4-1)51-27-16-32-57(62-51)66-55-31-14-10-26-50(55)58-56(66)36-35-48-46-24-8-12-29-53(46)63(60(48)58)39-40-17-15-23-45(37-40)65-52-28-11-7-20-42(52)38-43-33-34-49-47-25-9-13-30-54(47)64(61(49)59(43)65)44-21-5-2-6-22-44/h1-37H,38-39H2. The maximum Gasteiger partial charge on any atom is 0.138 e. The zero-order valence-electron chi connectivity index (χ0n) is 36.0. The maximum atomic E-state index is 5.29. The highest BCUT2D eigenvalue weighted by Gasteiger charge is 2.30. The number of hydrogen-bond donors (Lipinski definition) is 0. The second-order valence-corrected chi connectivity index (χ2v) is 17.5. The van der Waals surface area contributed by atoms with E-state index >= 15 is 0 Å². The molecule has 9 aromatic carbocycles. The summed E-state index contributed by atoms with van der Waals surface area (Å²) in [6.07, 6.45) is 0.866. The van der Waals surface area contributed by atoms with Crippen molar-refractivity contribution in [1.29, 1.82) is 0 Å². The fourth-order valence-corrected chi connectivity index (χ4v) is 11.1. The van der Waals surface area contributed by atoms with E-state index in [0.29, 0.717) is 6.54 Å². The quantitative estimate of drug-likeness (QED) is 0.167. The summed E-state index contributed by atoms with van der Waals surface area (Å²) in [6, 6.07) is 81.7. The minimum absolute atomic E-state index is 0.690. The third kappa shape index (κ3) is 5.44. The van der Waals surface area contributed by atoms with Gasteiger partial charge in [0.25, 0.3) is 0 Å². The van der Waals surface area contributed by atoms with Crippen molar-refractivity contribution in [1.82, 2.24) is 18.7 Å². The summed E-state index contributed by atoms with van der Waals surface area (Å²) in [6.45, 7) is 0.690. The van der Waals surface area contributed by atoms with Crippen LogP contribution in [0.1, 0.15) is 16.7 Å². The molecule has 0 bridgehead atoms. The first-order chi connectivity index (χ1) is 32.8. The van der Waals surface area contributed by atoms with Gasteiger partial charge in [-0.3, -0.25) is 4.57 Å². The number of fused-ring (bicyclic) bond motifs is 13. The number of nitrogens with zero attached hydrogens (tertiary/aromatic N) is 5. The van der Waals surface area contributed by atoms with Crippen LogP contribution in [0.15, 0.2) is 224 Å². The fraction of sp³-hybridized carbons (Fsp3) is 0.0328. The Morgan fingerprint density at radius 1 is 0.409 bits per heavy atom. The summed E-state index contributed by atoms with van der Waals surface area (Å²) in [5, 5.41) is 7.45. The lowest BCUT2D eigenvalue weighted by Gasteiger charge is -2.35. The molecule has 0 saturated heterocycles. The summed E-state index contributed by atoms with van der Waals surface area (Å²) in [5.74, 6) is 0.903. The van der Waals surface area contributed by atoms with Crippen molar-refractivity contribution in [3.8, 4) is 22.8 Å². The average molecular weight is 844 g/mol. The van der Waals surface area contributed by atoms with E-state index in [-0.39, 0.29) is 0 Å². The first-order valence-corrected chi connectivity index (χ1v) is 22.8. The summed E-state index contributed by atoms with van der Waals surface area (Å²) < 4.78 is 7.38. The van der Waals surface area contributed by atoms with Crippen molar-refractivity contribution in [3.63, 3.8) is 0 Å². The van der Waals surface area contributed by atoms with Crippen LogP contribution in [0.2, 0.25) is 0 Å². The van der Waals surface area contributed by atoms with Gasteiger partial charge in [0.15, 0.2) is 0 Å². The molecule has 0 N–H and O–H groups in total. The minimum atomic E-state index is 0.690. The molecule has 0 unspecified atom stereocenters. The molecule has 14 rings (SSSR count). The van der Waals surface area contributed by atoms with E-state index in [1.165, 1.54) is 82.4 Å². The molecule has 0 radical (unpaired) electrons. The van der Waals surface area contributed by atoms with Gasteiger partial charge in [-0.2, -0.15) is 0 Å². The van der Waals surface area contributed by atoms with E-state index in [4.69, 9.17) is 4.98 Å². The average Bonchev–Trinajstić information content (AvgIpc) is 4.02. The zero-order chi connectivity index (χ0) is 43.3. The van der Waals surface area contributed by atoms with Crippen LogP contribution >= 0.6 is 0 Å². The number of para-hydroxylation sites is 5. The molecule has 310 valence electrons. The van der Waals surface area contributed by atoms with E-state index in [0.717, 1.165) is 45.9 Å². The van der Waals surface area contributed by atoms with Crippen LogP contribution in [0.25, 0.3) is 88.2 Å². The van der Waals surface area contributed by atoms with Gasteiger partial charge in [-0.15, -0.1) is 0 Å². The maximum absolute atomic E-state index is 5.29. The van der Waals surface area contributed by atoms with Crippen molar-refractivity contribution < 1.29 is 0 Å². The molecule has 13 aromatic rings. The SMILES string of the molecule is c1ccc(-c2cccc(-n3c4ccccc4c4c5c(ccc43)c3ccccc3n5Cc3cccc(N4c5ccccc5Cc5ccc6c7ccccc7n(-c7ccccc7)c6c54)c3)n2)cc1. The van der Waals surface area contributed by atoms with Crippen molar-refractivity contribution in [2.24, 2.45) is 0 Å². The molecular formula is C61H41N5. The molecule has 0 amide bonds. The Morgan fingerprint density at radius 3 is 1.88 bits per heavy atom. The van der Waals surface area contributed by atoms with E-state index in [1.807, 2.05) is 0 Å². The molecular weight excluding hydrogens is 803 g/mol. The van der Waals surface area contributed by atoms with Crippen LogP contribution in [-0.4, -0.2) is 18.7 Å². The Morgan fingerprint density at radius 2 is 1.05 bits per heavy atom. The topological polar surface area (TPSA) is 30.9 Å². The molecule has 66 heavy (non-hydrogen) atoms. The van der Waals surface area contributed by atoms with Gasteiger partial charge in [-0.25, -0.2) is 4.98 Å². The van der Waals surface area contributed by atoms with Gasteiger partial charge in [0.1, 0.15) is 5.82 Å². The fourth-order valence-electron chi connectivity index (χ4n) is 11.1. The molecule has 0 fully saturated rings. The largest absolute Gasteiger partial charge is 0.335 e. The lowest BCUT2D eigenvalue weighted by Crippen LogP contribution is -2.20. The zero-order valence-corrected chi connectivity index (χ0v) is 36.0. The lowest BCUT2D eigenvalue weighted by atomic mass is 9.93. The van der Waals surface area contributed by atoms with Gasteiger partial charge < -0.3 is 14.0 Å². The second-order valence-electron chi connectivity index (χ2n) is 17.5. The van der Waals surface area contributed by atoms with Gasteiger partial charge in [-0.1, -0.05) is 158 Å². The van der Waals surface area contributed by atoms with Crippen molar-refractivity contribution in [3.05, 3.63) is 241 Å². The molecule has 4 aromatic heterocycles. The van der Waals surface area contributed by atoms with Crippen LogP contribution in [-0.2, 0) is 13.0 Å². The summed E-state index contributed by atoms with van der Waals surface area (Å²) in [4.78, 5) is 7.82. The number of rotatable bonds is 6. The Balaban J connectivity index is 0.981. The highest BCUT2D eigenvalue weighted by molar-refractivity contribution is 6.25. The van der Waals surface area contributed by atoms with E-state index in [9.17, 15) is 0 Å². The molecule has 5 nitrogen and oxygen atoms in total. The number of aromatic nitrogens is 4. The smallest absolute Gasteiger partial charge is 0.138 e. The summed E-state index contributed by atoms with van der Waals surface area (Å²) >= 11 is 0. The third-order valence-electron chi connectivity index (χ3n) is 13.9. The van der Waals surface area contributed by atoms with Gasteiger partial charge >= 0.3 is 0 Å². The van der Waals surface area contributed by atoms with Crippen molar-refractivity contribution >= 4 is 82.5 Å². The van der Waals surface area contributed by atoms with Crippen molar-refractivity contribution in [2.75, 3.05) is 4.90 Å². The first kappa shape index (κ1) is 36.8. The third-order valence-corrected chi connectivity index (χ3v) is 13.9. The minimum Gasteiger partial charge on any atom is -0.335 e. The van der Waals surface area contributed by atoms with Crippen LogP contribution in [0.4, 0.5) is 17.1 Å². The number of pyridine rings is 1. The first-order valence-electron chi connectivity index (χ1n) is 22.8. The summed E-state index contributed by atoms with van der Waals surface area (Å²) in [7, 11) is 0. The highest BCUT2D eigenvalue weighted by Crippen LogP contribution is 2.50. The van der Waals surface area contributed by atoms with E-state index in [2.05, 4.69) is 243 Å². The van der Waals surface area contributed by atoms with Crippen molar-refractivity contribution in [2.45, 2.75) is 13.0 Å².